The van der Waals surface area contributed by atoms with Crippen LogP contribution in [0, 0.1) is 5.21 Å². The van der Waals surface area contributed by atoms with E-state index in [1.165, 1.54) is 0 Å². The van der Waals surface area contributed by atoms with Crippen LogP contribution >= 0.6 is 0 Å². The molecular weight excluding hydrogens is 362 g/mol. The van der Waals surface area contributed by atoms with Crippen LogP contribution < -0.4 is 9.96 Å². The minimum atomic E-state index is -0.142. The Labute approximate surface area is 161 Å². The number of methoxy groups -OCH3 is 1. The Kier molecular flexibility index (Phi) is 5.20. The molecule has 0 spiro atoms. The fraction of sp³-hybridized carbons (Fsp3) is 0.316. The normalized spacial score (nSPS) is 17.0. The summed E-state index contributed by atoms with van der Waals surface area (Å²) in [6.45, 7) is 1.61. The van der Waals surface area contributed by atoms with E-state index in [-0.39, 0.29) is 17.0 Å². The molecular formula is C19H20N5O4-. The summed E-state index contributed by atoms with van der Waals surface area (Å²) in [6.07, 6.45) is 3.63. The summed E-state index contributed by atoms with van der Waals surface area (Å²) in [5.41, 5.74) is 2.01. The molecule has 1 atom stereocenters. The number of likely N-dealkylation sites (tertiary alicyclic amines) is 1. The molecule has 1 N–H and O–H groups in total. The van der Waals surface area contributed by atoms with Crippen LogP contribution in [0.3, 0.4) is 0 Å². The molecule has 1 aliphatic rings. The lowest BCUT2D eigenvalue weighted by Gasteiger charge is -2.23. The first-order chi connectivity index (χ1) is 13.6. The number of anilines is 1. The zero-order chi connectivity index (χ0) is 19.5. The highest BCUT2D eigenvalue weighted by Crippen LogP contribution is 2.33. The first-order valence-corrected chi connectivity index (χ1v) is 8.97. The largest absolute Gasteiger partial charge is 0.733 e. The SMILES string of the molecule is COc1ccc(-c2noc(C3CCCN3Cc3ccc(N([O-])O)cc3)n2)cn1. The van der Waals surface area contributed by atoms with E-state index in [2.05, 4.69) is 20.0 Å². The van der Waals surface area contributed by atoms with Gasteiger partial charge in [-0.05, 0) is 43.1 Å². The molecule has 28 heavy (non-hydrogen) atoms. The second kappa shape index (κ2) is 7.93. The second-order valence-corrected chi connectivity index (χ2v) is 6.61. The summed E-state index contributed by atoms with van der Waals surface area (Å²) in [5.74, 6) is 1.61. The Hall–Kier alpha value is -3.01. The number of benzene rings is 1. The number of aromatic nitrogens is 3. The fourth-order valence-electron chi connectivity index (χ4n) is 3.38. The third kappa shape index (κ3) is 3.81. The maximum Gasteiger partial charge on any atom is 0.244 e. The van der Waals surface area contributed by atoms with E-state index in [0.29, 0.717) is 24.1 Å². The molecule has 3 heterocycles. The topological polar surface area (TPSA) is 111 Å². The van der Waals surface area contributed by atoms with Gasteiger partial charge in [-0.25, -0.2) is 4.98 Å². The van der Waals surface area contributed by atoms with Crippen LogP contribution in [0.1, 0.15) is 30.3 Å². The van der Waals surface area contributed by atoms with Crippen LogP contribution in [0.2, 0.25) is 0 Å². The Morgan fingerprint density at radius 2 is 2.11 bits per heavy atom. The standard InChI is InChI=1S/C19H20N5O4/c1-27-17-9-6-14(11-20-17)18-21-19(28-22-18)16-3-2-10-23(16)12-13-4-7-15(8-5-13)24(25)26/h4-9,11,16,25H,2-3,10,12H2,1H3/q-1. The van der Waals surface area contributed by atoms with E-state index < -0.39 is 0 Å². The molecule has 3 aromatic rings. The summed E-state index contributed by atoms with van der Waals surface area (Å²) in [4.78, 5) is 11.0. The van der Waals surface area contributed by atoms with Gasteiger partial charge in [-0.3, -0.25) is 10.1 Å². The van der Waals surface area contributed by atoms with Crippen molar-refractivity contribution in [1.29, 1.82) is 0 Å². The molecule has 0 saturated carbocycles. The van der Waals surface area contributed by atoms with Crippen LogP contribution in [-0.4, -0.2) is 38.9 Å². The van der Waals surface area contributed by atoms with Crippen molar-refractivity contribution < 1.29 is 14.5 Å². The van der Waals surface area contributed by atoms with E-state index in [0.717, 1.165) is 30.5 Å². The number of pyridine rings is 1. The zero-order valence-corrected chi connectivity index (χ0v) is 15.4. The maximum atomic E-state index is 10.9. The quantitative estimate of drug-likeness (QED) is 0.642. The molecule has 9 heteroatoms. The summed E-state index contributed by atoms with van der Waals surface area (Å²) in [6, 6.07) is 10.5. The van der Waals surface area contributed by atoms with Crippen molar-refractivity contribution in [3.8, 4) is 17.3 Å². The number of hydrogen-bond donors (Lipinski definition) is 1. The minimum absolute atomic E-state index is 0.0426. The van der Waals surface area contributed by atoms with Crippen molar-refractivity contribution in [3.63, 3.8) is 0 Å². The second-order valence-electron chi connectivity index (χ2n) is 6.61. The summed E-state index contributed by atoms with van der Waals surface area (Å²) < 4.78 is 10.6. The molecule has 1 unspecified atom stereocenters. The number of rotatable bonds is 6. The van der Waals surface area contributed by atoms with Gasteiger partial charge < -0.3 is 19.7 Å². The van der Waals surface area contributed by atoms with Gasteiger partial charge in [-0.15, -0.1) is 0 Å². The van der Waals surface area contributed by atoms with Crippen LogP contribution in [0.5, 0.6) is 5.88 Å². The third-order valence-electron chi connectivity index (χ3n) is 4.84. The molecule has 9 nitrogen and oxygen atoms in total. The first kappa shape index (κ1) is 18.4. The summed E-state index contributed by atoms with van der Waals surface area (Å²) in [7, 11) is 1.57. The monoisotopic (exact) mass is 382 g/mol. The van der Waals surface area contributed by atoms with Crippen molar-refractivity contribution in [2.24, 2.45) is 0 Å². The van der Waals surface area contributed by atoms with Crippen molar-refractivity contribution in [2.75, 3.05) is 18.9 Å². The van der Waals surface area contributed by atoms with Crippen molar-refractivity contribution in [3.05, 3.63) is 59.3 Å². The minimum Gasteiger partial charge on any atom is -0.733 e. The highest BCUT2D eigenvalue weighted by molar-refractivity contribution is 5.53. The zero-order valence-electron chi connectivity index (χ0n) is 15.4. The van der Waals surface area contributed by atoms with Gasteiger partial charge in [0.05, 0.1) is 18.8 Å². The van der Waals surface area contributed by atoms with Crippen molar-refractivity contribution >= 4 is 5.69 Å². The molecule has 0 bridgehead atoms. The van der Waals surface area contributed by atoms with Crippen molar-refractivity contribution in [1.82, 2.24) is 20.0 Å². The van der Waals surface area contributed by atoms with Crippen molar-refractivity contribution in [2.45, 2.75) is 25.4 Å². The van der Waals surface area contributed by atoms with Gasteiger partial charge in [0.15, 0.2) is 0 Å². The molecule has 1 aliphatic heterocycles. The lowest BCUT2D eigenvalue weighted by atomic mass is 10.1. The van der Waals surface area contributed by atoms with E-state index in [1.54, 1.807) is 31.5 Å². The van der Waals surface area contributed by atoms with Gasteiger partial charge in [-0.1, -0.05) is 17.3 Å². The van der Waals surface area contributed by atoms with E-state index >= 15 is 0 Å². The molecule has 4 rings (SSSR count). The highest BCUT2D eigenvalue weighted by atomic mass is 16.8. The summed E-state index contributed by atoms with van der Waals surface area (Å²) >= 11 is 0. The number of ether oxygens (including phenoxy) is 1. The Morgan fingerprint density at radius 1 is 1.29 bits per heavy atom. The third-order valence-corrected chi connectivity index (χ3v) is 4.84. The predicted octanol–water partition coefficient (Wildman–Crippen LogP) is 3.17. The first-order valence-electron chi connectivity index (χ1n) is 8.97. The molecule has 146 valence electrons. The lowest BCUT2D eigenvalue weighted by Crippen LogP contribution is -2.23. The van der Waals surface area contributed by atoms with Gasteiger partial charge in [0, 0.05) is 24.4 Å². The molecule has 1 fully saturated rings. The van der Waals surface area contributed by atoms with Gasteiger partial charge in [0.25, 0.3) is 0 Å². The van der Waals surface area contributed by atoms with Crippen LogP contribution in [0.4, 0.5) is 5.69 Å². The molecule has 0 amide bonds. The predicted molar refractivity (Wildman–Crippen MR) is 101 cm³/mol. The Morgan fingerprint density at radius 3 is 2.79 bits per heavy atom. The maximum absolute atomic E-state index is 10.9. The molecule has 1 aromatic carbocycles. The Bertz CT molecular complexity index is 911. The van der Waals surface area contributed by atoms with Gasteiger partial charge >= 0.3 is 0 Å². The van der Waals surface area contributed by atoms with E-state index in [9.17, 15) is 5.21 Å². The van der Waals surface area contributed by atoms with Crippen LogP contribution in [0.15, 0.2) is 47.1 Å². The van der Waals surface area contributed by atoms with E-state index in [4.69, 9.17) is 14.5 Å². The van der Waals surface area contributed by atoms with Crippen LogP contribution in [-0.2, 0) is 6.54 Å². The molecule has 0 aliphatic carbocycles. The molecule has 1 saturated heterocycles. The fourth-order valence-corrected chi connectivity index (χ4v) is 3.38. The van der Waals surface area contributed by atoms with Gasteiger partial charge in [0.2, 0.25) is 17.6 Å². The lowest BCUT2D eigenvalue weighted by molar-refractivity contribution is 0.201. The average molecular weight is 382 g/mol. The van der Waals surface area contributed by atoms with Gasteiger partial charge in [0.1, 0.15) is 0 Å². The molecule has 2 aromatic heterocycles. The van der Waals surface area contributed by atoms with E-state index in [1.807, 2.05) is 18.2 Å². The average Bonchev–Trinajstić information content (AvgIpc) is 3.38. The Balaban J connectivity index is 1.48. The van der Waals surface area contributed by atoms with Crippen LogP contribution in [0.25, 0.3) is 11.4 Å². The van der Waals surface area contributed by atoms with Gasteiger partial charge in [-0.2, -0.15) is 4.98 Å². The molecule has 0 radical (unpaired) electrons. The summed E-state index contributed by atoms with van der Waals surface area (Å²) in [5, 5.41) is 23.8. The smallest absolute Gasteiger partial charge is 0.244 e. The number of hydrogen-bond acceptors (Lipinski definition) is 9. The number of nitrogens with zero attached hydrogens (tertiary/aromatic N) is 5. The highest BCUT2D eigenvalue weighted by Gasteiger charge is 2.30.